The number of amides is 1. The van der Waals surface area contributed by atoms with Crippen molar-refractivity contribution in [1.29, 1.82) is 0 Å². The van der Waals surface area contributed by atoms with Crippen LogP contribution in [0.2, 0.25) is 0 Å². The van der Waals surface area contributed by atoms with Crippen LogP contribution in [0.25, 0.3) is 32.9 Å². The zero-order chi connectivity index (χ0) is 21.9. The van der Waals surface area contributed by atoms with Crippen molar-refractivity contribution in [2.45, 2.75) is 4.90 Å². The van der Waals surface area contributed by atoms with Gasteiger partial charge in [0.15, 0.2) is 0 Å². The molecule has 4 aromatic carbocycles. The zero-order valence-corrected chi connectivity index (χ0v) is 19.7. The number of halogens is 1. The average Bonchev–Trinajstić information content (AvgIpc) is 3.20. The number of carbonyl (C=O) groups excluding carboxylic acids is 1. The molecule has 5 heteroatoms. The first-order valence-electron chi connectivity index (χ1n) is 10.5. The third-order valence-corrected chi connectivity index (χ3v) is 7.09. The quantitative estimate of drug-likeness (QED) is 0.190. The number of hydrogen-bond acceptors (Lipinski definition) is 2. The Labute approximate surface area is 199 Å². The summed E-state index contributed by atoms with van der Waals surface area (Å²) in [5, 5.41) is 6.48. The highest BCUT2D eigenvalue weighted by Gasteiger charge is 2.14. The average molecular weight is 501 g/mol. The van der Waals surface area contributed by atoms with Crippen molar-refractivity contribution in [1.82, 2.24) is 10.3 Å². The summed E-state index contributed by atoms with van der Waals surface area (Å²) in [6.07, 6.45) is 0. The van der Waals surface area contributed by atoms with Gasteiger partial charge in [0, 0.05) is 38.1 Å². The molecule has 0 bridgehead atoms. The van der Waals surface area contributed by atoms with E-state index >= 15 is 0 Å². The minimum atomic E-state index is -0.0385. The number of H-pyrrole nitrogens is 1. The van der Waals surface area contributed by atoms with Gasteiger partial charge >= 0.3 is 0 Å². The minimum absolute atomic E-state index is 0.0385. The number of thioether (sulfide) groups is 1. The Hall–Kier alpha value is -3.02. The van der Waals surface area contributed by atoms with E-state index in [0.717, 1.165) is 37.8 Å². The molecule has 0 spiro atoms. The first-order valence-corrected chi connectivity index (χ1v) is 12.2. The summed E-state index contributed by atoms with van der Waals surface area (Å²) >= 11 is 5.28. The van der Waals surface area contributed by atoms with Gasteiger partial charge in [0.25, 0.3) is 5.91 Å². The second kappa shape index (κ2) is 9.23. The SMILES string of the molecule is O=C(NCCSc1c(-c2ccc(Br)cc2)[nH]c2ccccc12)c1ccc2ccccc2c1. The summed E-state index contributed by atoms with van der Waals surface area (Å²) < 4.78 is 1.06. The molecule has 0 aliphatic carbocycles. The molecule has 1 amide bonds. The number of carbonyl (C=O) groups is 1. The van der Waals surface area contributed by atoms with E-state index in [2.05, 4.69) is 74.8 Å². The Morgan fingerprint density at radius 1 is 0.875 bits per heavy atom. The molecule has 3 nitrogen and oxygen atoms in total. The fourth-order valence-corrected chi connectivity index (χ4v) is 5.16. The smallest absolute Gasteiger partial charge is 0.251 e. The van der Waals surface area contributed by atoms with E-state index in [-0.39, 0.29) is 5.91 Å². The molecule has 0 radical (unpaired) electrons. The summed E-state index contributed by atoms with van der Waals surface area (Å²) in [6, 6.07) is 30.6. The van der Waals surface area contributed by atoms with Gasteiger partial charge in [-0.05, 0) is 46.7 Å². The van der Waals surface area contributed by atoms with E-state index in [1.165, 1.54) is 10.3 Å². The van der Waals surface area contributed by atoms with Gasteiger partial charge in [0.05, 0.1) is 5.69 Å². The number of rotatable bonds is 6. The Kier molecular flexibility index (Phi) is 6.02. The molecule has 158 valence electrons. The van der Waals surface area contributed by atoms with Crippen molar-refractivity contribution in [3.05, 3.63) is 101 Å². The lowest BCUT2D eigenvalue weighted by Crippen LogP contribution is -2.25. The molecule has 32 heavy (non-hydrogen) atoms. The second-order valence-electron chi connectivity index (χ2n) is 7.55. The summed E-state index contributed by atoms with van der Waals surface area (Å²) in [5.41, 5.74) is 4.07. The molecular weight excluding hydrogens is 480 g/mol. The topological polar surface area (TPSA) is 44.9 Å². The maximum atomic E-state index is 12.7. The highest BCUT2D eigenvalue weighted by Crippen LogP contribution is 2.37. The van der Waals surface area contributed by atoms with E-state index in [9.17, 15) is 4.79 Å². The van der Waals surface area contributed by atoms with Gasteiger partial charge in [-0.3, -0.25) is 4.79 Å². The molecular formula is C27H21BrN2OS. The van der Waals surface area contributed by atoms with Crippen molar-refractivity contribution >= 4 is 55.3 Å². The number of para-hydroxylation sites is 1. The zero-order valence-electron chi connectivity index (χ0n) is 17.3. The van der Waals surface area contributed by atoms with Crippen molar-refractivity contribution in [3.8, 4) is 11.3 Å². The van der Waals surface area contributed by atoms with Crippen molar-refractivity contribution in [2.75, 3.05) is 12.3 Å². The van der Waals surface area contributed by atoms with Gasteiger partial charge in [-0.2, -0.15) is 0 Å². The van der Waals surface area contributed by atoms with E-state index in [4.69, 9.17) is 0 Å². The fourth-order valence-electron chi connectivity index (χ4n) is 3.84. The molecule has 0 unspecified atom stereocenters. The lowest BCUT2D eigenvalue weighted by Gasteiger charge is -2.08. The number of aromatic nitrogens is 1. The standard InChI is InChI=1S/C27H21BrN2OS/c28-22-13-11-19(12-14-22)25-26(23-7-3-4-8-24(23)30-25)32-16-15-29-27(31)21-10-9-18-5-1-2-6-20(18)17-21/h1-14,17,30H,15-16H2,(H,29,31). The molecule has 0 aliphatic rings. The molecule has 0 saturated heterocycles. The number of nitrogens with one attached hydrogen (secondary N) is 2. The van der Waals surface area contributed by atoms with Crippen LogP contribution in [-0.4, -0.2) is 23.2 Å². The first-order chi connectivity index (χ1) is 15.7. The third kappa shape index (κ3) is 4.31. The Morgan fingerprint density at radius 3 is 2.47 bits per heavy atom. The normalized spacial score (nSPS) is 11.2. The Balaban J connectivity index is 1.30. The molecule has 0 atom stereocenters. The maximum Gasteiger partial charge on any atom is 0.251 e. The molecule has 0 aliphatic heterocycles. The summed E-state index contributed by atoms with van der Waals surface area (Å²) in [5.74, 6) is 0.744. The lowest BCUT2D eigenvalue weighted by molar-refractivity contribution is 0.0956. The molecule has 1 heterocycles. The summed E-state index contributed by atoms with van der Waals surface area (Å²) in [7, 11) is 0. The molecule has 2 N–H and O–H groups in total. The largest absolute Gasteiger partial charge is 0.354 e. The van der Waals surface area contributed by atoms with Gasteiger partial charge in [-0.25, -0.2) is 0 Å². The molecule has 5 rings (SSSR count). The Morgan fingerprint density at radius 2 is 1.62 bits per heavy atom. The maximum absolute atomic E-state index is 12.7. The predicted molar refractivity (Wildman–Crippen MR) is 138 cm³/mol. The van der Waals surface area contributed by atoms with Crippen LogP contribution in [0.5, 0.6) is 0 Å². The van der Waals surface area contributed by atoms with Crippen molar-refractivity contribution < 1.29 is 4.79 Å². The fraction of sp³-hybridized carbons (Fsp3) is 0.0741. The van der Waals surface area contributed by atoms with Crippen molar-refractivity contribution in [2.24, 2.45) is 0 Å². The number of benzene rings is 4. The third-order valence-electron chi connectivity index (χ3n) is 5.44. The van der Waals surface area contributed by atoms with Crippen LogP contribution >= 0.6 is 27.7 Å². The van der Waals surface area contributed by atoms with Gasteiger partial charge in [-0.1, -0.05) is 76.6 Å². The van der Waals surface area contributed by atoms with E-state index in [1.807, 2.05) is 42.5 Å². The first kappa shape index (κ1) is 20.9. The molecule has 0 fully saturated rings. The van der Waals surface area contributed by atoms with E-state index in [0.29, 0.717) is 12.1 Å². The number of aromatic amines is 1. The number of fused-ring (bicyclic) bond motifs is 2. The molecule has 1 aromatic heterocycles. The van der Waals surface area contributed by atoms with Crippen LogP contribution in [0.4, 0.5) is 0 Å². The number of hydrogen-bond donors (Lipinski definition) is 2. The van der Waals surface area contributed by atoms with Crippen LogP contribution in [0.3, 0.4) is 0 Å². The second-order valence-corrected chi connectivity index (χ2v) is 9.57. The highest BCUT2D eigenvalue weighted by molar-refractivity contribution is 9.10. The monoisotopic (exact) mass is 500 g/mol. The van der Waals surface area contributed by atoms with Crippen LogP contribution in [-0.2, 0) is 0 Å². The van der Waals surface area contributed by atoms with Crippen LogP contribution < -0.4 is 5.32 Å². The van der Waals surface area contributed by atoms with Gasteiger partial charge < -0.3 is 10.3 Å². The van der Waals surface area contributed by atoms with Crippen LogP contribution in [0.15, 0.2) is 100 Å². The van der Waals surface area contributed by atoms with Crippen LogP contribution in [0, 0.1) is 0 Å². The summed E-state index contributed by atoms with van der Waals surface area (Å²) in [6.45, 7) is 0.593. The highest BCUT2D eigenvalue weighted by atomic mass is 79.9. The predicted octanol–water partition coefficient (Wildman–Crippen LogP) is 7.27. The van der Waals surface area contributed by atoms with E-state index in [1.54, 1.807) is 11.8 Å². The van der Waals surface area contributed by atoms with Gasteiger partial charge in [-0.15, -0.1) is 11.8 Å². The van der Waals surface area contributed by atoms with Crippen molar-refractivity contribution in [3.63, 3.8) is 0 Å². The van der Waals surface area contributed by atoms with Gasteiger partial charge in [0.1, 0.15) is 0 Å². The van der Waals surface area contributed by atoms with Crippen LogP contribution in [0.1, 0.15) is 10.4 Å². The van der Waals surface area contributed by atoms with E-state index < -0.39 is 0 Å². The summed E-state index contributed by atoms with van der Waals surface area (Å²) in [4.78, 5) is 17.4. The lowest BCUT2D eigenvalue weighted by atomic mass is 10.1. The molecule has 0 saturated carbocycles. The Bertz CT molecular complexity index is 1410. The van der Waals surface area contributed by atoms with Gasteiger partial charge in [0.2, 0.25) is 0 Å². The minimum Gasteiger partial charge on any atom is -0.354 e. The molecule has 5 aromatic rings.